The van der Waals surface area contributed by atoms with Gasteiger partial charge in [0, 0.05) is 37.8 Å². The Morgan fingerprint density at radius 1 is 1.44 bits per heavy atom. The Hall–Kier alpha value is -0.230. The fourth-order valence-corrected chi connectivity index (χ4v) is 2.41. The van der Waals surface area contributed by atoms with Crippen molar-refractivity contribution in [3.05, 3.63) is 33.8 Å². The maximum Gasteiger partial charge on any atom is 0.144 e. The smallest absolute Gasteiger partial charge is 0.144 e. The number of benzene rings is 1. The van der Waals surface area contributed by atoms with Crippen LogP contribution in [0.1, 0.15) is 12.5 Å². The molecular weight excluding hydrogens is 325 g/mol. The van der Waals surface area contributed by atoms with Gasteiger partial charge in [0.25, 0.3) is 0 Å². The summed E-state index contributed by atoms with van der Waals surface area (Å²) in [4.78, 5) is 2.09. The number of rotatable bonds is 2. The molecule has 6 heteroatoms. The summed E-state index contributed by atoms with van der Waals surface area (Å²) in [6.07, 6.45) is 0. The van der Waals surface area contributed by atoms with E-state index in [0.717, 1.165) is 19.6 Å². The molecule has 0 bridgehead atoms. The molecule has 0 aromatic heterocycles. The van der Waals surface area contributed by atoms with Crippen molar-refractivity contribution >= 4 is 28.3 Å². The molecule has 1 aromatic carbocycles. The van der Waals surface area contributed by atoms with Crippen LogP contribution in [0.2, 0.25) is 0 Å². The van der Waals surface area contributed by atoms with Gasteiger partial charge in [-0.05, 0) is 35.0 Å². The third-order valence-electron chi connectivity index (χ3n) is 3.14. The van der Waals surface area contributed by atoms with E-state index in [9.17, 15) is 8.78 Å². The molecule has 0 spiro atoms. The molecule has 2 rings (SSSR count). The third kappa shape index (κ3) is 3.41. The Morgan fingerprint density at radius 2 is 2.17 bits per heavy atom. The lowest BCUT2D eigenvalue weighted by Crippen LogP contribution is -2.49. The topological polar surface area (TPSA) is 15.3 Å². The molecule has 2 nitrogen and oxygen atoms in total. The van der Waals surface area contributed by atoms with Crippen LogP contribution in [0.4, 0.5) is 8.78 Å². The van der Waals surface area contributed by atoms with Crippen LogP contribution >= 0.6 is 28.3 Å². The standard InChI is InChI=1S/C12H15BrF2N2.ClH/c1-8-6-16-4-5-17(8)7-9-11(14)3-2-10(13)12(9)15;/h2-3,8,16H,4-7H2,1H3;1H/t8-;/m0./s1. The Kier molecular flexibility index (Phi) is 5.98. The van der Waals surface area contributed by atoms with E-state index >= 15 is 0 Å². The van der Waals surface area contributed by atoms with Crippen molar-refractivity contribution in [1.29, 1.82) is 0 Å². The van der Waals surface area contributed by atoms with Gasteiger partial charge in [-0.15, -0.1) is 12.4 Å². The molecular formula is C12H16BrClF2N2. The molecule has 0 saturated carbocycles. The van der Waals surface area contributed by atoms with Crippen molar-refractivity contribution in [3.63, 3.8) is 0 Å². The first-order valence-electron chi connectivity index (χ1n) is 5.66. The average molecular weight is 342 g/mol. The zero-order chi connectivity index (χ0) is 12.4. The van der Waals surface area contributed by atoms with E-state index in [0.29, 0.717) is 17.1 Å². The van der Waals surface area contributed by atoms with Crippen molar-refractivity contribution in [2.24, 2.45) is 0 Å². The minimum atomic E-state index is -0.490. The average Bonchev–Trinajstić information content (AvgIpc) is 2.32. The summed E-state index contributed by atoms with van der Waals surface area (Å²) in [5, 5.41) is 3.25. The summed E-state index contributed by atoms with van der Waals surface area (Å²) in [6.45, 7) is 4.91. The van der Waals surface area contributed by atoms with Crippen LogP contribution in [0.25, 0.3) is 0 Å². The van der Waals surface area contributed by atoms with Crippen molar-refractivity contribution in [2.45, 2.75) is 19.5 Å². The molecule has 1 aliphatic heterocycles. The minimum Gasteiger partial charge on any atom is -0.314 e. The van der Waals surface area contributed by atoms with E-state index in [1.54, 1.807) is 0 Å². The molecule has 1 atom stereocenters. The lowest BCUT2D eigenvalue weighted by atomic mass is 10.1. The molecule has 1 saturated heterocycles. The largest absolute Gasteiger partial charge is 0.314 e. The van der Waals surface area contributed by atoms with Crippen molar-refractivity contribution < 1.29 is 8.78 Å². The highest BCUT2D eigenvalue weighted by Crippen LogP contribution is 2.23. The van der Waals surface area contributed by atoms with E-state index in [1.165, 1.54) is 12.1 Å². The number of nitrogens with one attached hydrogen (secondary N) is 1. The van der Waals surface area contributed by atoms with Crippen LogP contribution < -0.4 is 5.32 Å². The van der Waals surface area contributed by atoms with Gasteiger partial charge in [-0.1, -0.05) is 0 Å². The highest BCUT2D eigenvalue weighted by molar-refractivity contribution is 9.10. The number of hydrogen-bond acceptors (Lipinski definition) is 2. The highest BCUT2D eigenvalue weighted by atomic mass is 79.9. The number of nitrogens with zero attached hydrogens (tertiary/aromatic N) is 1. The fourth-order valence-electron chi connectivity index (χ4n) is 2.04. The molecule has 0 amide bonds. The van der Waals surface area contributed by atoms with Crippen LogP contribution in [-0.4, -0.2) is 30.6 Å². The number of hydrogen-bond donors (Lipinski definition) is 1. The Morgan fingerprint density at radius 3 is 2.83 bits per heavy atom. The molecule has 102 valence electrons. The number of piperazine rings is 1. The highest BCUT2D eigenvalue weighted by Gasteiger charge is 2.21. The summed E-state index contributed by atoms with van der Waals surface area (Å²) in [6, 6.07) is 2.99. The van der Waals surface area contributed by atoms with Gasteiger partial charge < -0.3 is 5.32 Å². The first-order chi connectivity index (χ1) is 8.09. The van der Waals surface area contributed by atoms with Gasteiger partial charge >= 0.3 is 0 Å². The second-order valence-electron chi connectivity index (χ2n) is 4.35. The first kappa shape index (κ1) is 15.8. The second kappa shape index (κ2) is 6.80. The van der Waals surface area contributed by atoms with Crippen LogP contribution in [0.15, 0.2) is 16.6 Å². The van der Waals surface area contributed by atoms with E-state index in [2.05, 4.69) is 33.1 Å². The van der Waals surface area contributed by atoms with Gasteiger partial charge in [-0.3, -0.25) is 4.90 Å². The fraction of sp³-hybridized carbons (Fsp3) is 0.500. The third-order valence-corrected chi connectivity index (χ3v) is 3.75. The van der Waals surface area contributed by atoms with Crippen LogP contribution in [-0.2, 0) is 6.54 Å². The lowest BCUT2D eigenvalue weighted by Gasteiger charge is -2.34. The van der Waals surface area contributed by atoms with Gasteiger partial charge in [-0.2, -0.15) is 0 Å². The van der Waals surface area contributed by atoms with Crippen LogP contribution in [0.5, 0.6) is 0 Å². The van der Waals surface area contributed by atoms with E-state index in [4.69, 9.17) is 0 Å². The van der Waals surface area contributed by atoms with Crippen LogP contribution in [0.3, 0.4) is 0 Å². The summed E-state index contributed by atoms with van der Waals surface area (Å²) >= 11 is 3.09. The van der Waals surface area contributed by atoms with E-state index in [-0.39, 0.29) is 18.0 Å². The molecule has 1 fully saturated rings. The van der Waals surface area contributed by atoms with Gasteiger partial charge in [0.2, 0.25) is 0 Å². The van der Waals surface area contributed by atoms with Crippen molar-refractivity contribution in [2.75, 3.05) is 19.6 Å². The predicted octanol–water partition coefficient (Wildman–Crippen LogP) is 2.94. The SMILES string of the molecule is C[C@H]1CNCCN1Cc1c(F)ccc(Br)c1F.Cl. The molecule has 0 radical (unpaired) electrons. The maximum atomic E-state index is 13.8. The Bertz CT molecular complexity index is 417. The normalized spacial score (nSPS) is 20.6. The molecule has 1 aliphatic rings. The maximum absolute atomic E-state index is 13.8. The van der Waals surface area contributed by atoms with Crippen molar-refractivity contribution in [1.82, 2.24) is 10.2 Å². The van der Waals surface area contributed by atoms with E-state index in [1.807, 2.05) is 0 Å². The molecule has 1 aromatic rings. The van der Waals surface area contributed by atoms with Gasteiger partial charge in [-0.25, -0.2) is 8.78 Å². The summed E-state index contributed by atoms with van der Waals surface area (Å²) < 4.78 is 27.7. The quantitative estimate of drug-likeness (QED) is 0.832. The molecule has 18 heavy (non-hydrogen) atoms. The molecule has 0 aliphatic carbocycles. The minimum absolute atomic E-state index is 0. The Labute approximate surface area is 120 Å². The second-order valence-corrected chi connectivity index (χ2v) is 5.20. The molecule has 1 heterocycles. The van der Waals surface area contributed by atoms with Crippen molar-refractivity contribution in [3.8, 4) is 0 Å². The molecule has 1 N–H and O–H groups in total. The number of halogens is 4. The van der Waals surface area contributed by atoms with Crippen LogP contribution in [0, 0.1) is 11.6 Å². The summed E-state index contributed by atoms with van der Waals surface area (Å²) in [7, 11) is 0. The Balaban J connectivity index is 0.00000162. The zero-order valence-electron chi connectivity index (χ0n) is 10.0. The van der Waals surface area contributed by atoms with E-state index < -0.39 is 11.6 Å². The van der Waals surface area contributed by atoms with Gasteiger partial charge in [0.05, 0.1) is 4.47 Å². The monoisotopic (exact) mass is 340 g/mol. The van der Waals surface area contributed by atoms with Gasteiger partial charge in [0.1, 0.15) is 11.6 Å². The zero-order valence-corrected chi connectivity index (χ0v) is 12.5. The lowest BCUT2D eigenvalue weighted by molar-refractivity contribution is 0.161. The first-order valence-corrected chi connectivity index (χ1v) is 6.46. The molecule has 0 unspecified atom stereocenters. The van der Waals surface area contributed by atoms with Gasteiger partial charge in [0.15, 0.2) is 0 Å². The predicted molar refractivity (Wildman–Crippen MR) is 74.0 cm³/mol. The summed E-state index contributed by atoms with van der Waals surface area (Å²) in [5.41, 5.74) is 0.146. The summed E-state index contributed by atoms with van der Waals surface area (Å²) in [5.74, 6) is -0.966.